The number of hydrogen-bond acceptors (Lipinski definition) is 5. The highest BCUT2D eigenvalue weighted by atomic mass is 32.2. The third-order valence-electron chi connectivity index (χ3n) is 4.65. The lowest BCUT2D eigenvalue weighted by molar-refractivity contribution is -0.120. The van der Waals surface area contributed by atoms with E-state index in [1.807, 2.05) is 54.6 Å². The molecule has 1 aliphatic rings. The van der Waals surface area contributed by atoms with Crippen LogP contribution in [0.1, 0.15) is 23.6 Å². The first kappa shape index (κ1) is 19.4. The number of rotatable bonds is 7. The summed E-state index contributed by atoms with van der Waals surface area (Å²) in [5.74, 6) is 0.737. The Labute approximate surface area is 159 Å². The van der Waals surface area contributed by atoms with E-state index in [4.69, 9.17) is 4.74 Å². The van der Waals surface area contributed by atoms with Gasteiger partial charge in [0.25, 0.3) is 0 Å². The molecule has 27 heavy (non-hydrogen) atoms. The van der Waals surface area contributed by atoms with Crippen LogP contribution in [0.25, 0.3) is 0 Å². The number of hydrogen-bond donors (Lipinski definition) is 2. The second-order valence-corrected chi connectivity index (χ2v) is 8.89. The van der Waals surface area contributed by atoms with Crippen LogP contribution in [-0.2, 0) is 14.6 Å². The van der Waals surface area contributed by atoms with Gasteiger partial charge in [-0.15, -0.1) is 0 Å². The highest BCUT2D eigenvalue weighted by Crippen LogP contribution is 2.24. The summed E-state index contributed by atoms with van der Waals surface area (Å²) >= 11 is 0. The summed E-state index contributed by atoms with van der Waals surface area (Å²) in [5.41, 5.74) is 2.05. The fraction of sp³-hybridized carbons (Fsp3) is 0.350. The molecule has 1 aliphatic heterocycles. The lowest BCUT2D eigenvalue weighted by atomic mass is 9.98. The molecular formula is C20H24N2O4S. The van der Waals surface area contributed by atoms with Gasteiger partial charge >= 0.3 is 0 Å². The molecule has 2 N–H and O–H groups in total. The molecule has 7 heteroatoms. The van der Waals surface area contributed by atoms with E-state index < -0.39 is 9.84 Å². The standard InChI is InChI=1S/C20H24N2O4S/c1-26-18-9-7-16(8-10-18)20(15-5-3-2-4-6-15)21-13-19(23)22-17-11-12-27(24,25)14-17/h2-10,17,20-21H,11-14H2,1H3,(H,22,23)/t17-,20-/m0/s1. The molecule has 0 bridgehead atoms. The molecular weight excluding hydrogens is 364 g/mol. The van der Waals surface area contributed by atoms with Crippen LogP contribution in [-0.4, -0.2) is 45.5 Å². The van der Waals surface area contributed by atoms with Gasteiger partial charge in [0.05, 0.1) is 31.2 Å². The number of carbonyl (C=O) groups excluding carboxylic acids is 1. The summed E-state index contributed by atoms with van der Waals surface area (Å²) in [5, 5.41) is 6.09. The summed E-state index contributed by atoms with van der Waals surface area (Å²) in [6, 6.07) is 17.1. The Morgan fingerprint density at radius 1 is 1.11 bits per heavy atom. The predicted molar refractivity (Wildman–Crippen MR) is 104 cm³/mol. The maximum absolute atomic E-state index is 12.3. The summed E-state index contributed by atoms with van der Waals surface area (Å²) < 4.78 is 28.3. The zero-order chi connectivity index (χ0) is 19.3. The molecule has 2 aromatic rings. The molecule has 0 aliphatic carbocycles. The first-order valence-electron chi connectivity index (χ1n) is 8.89. The lowest BCUT2D eigenvalue weighted by Crippen LogP contribution is -2.42. The average molecular weight is 388 g/mol. The SMILES string of the molecule is COc1ccc([C@@H](NCC(=O)N[C@H]2CCS(=O)(=O)C2)c2ccccc2)cc1. The van der Waals surface area contributed by atoms with Crippen LogP contribution < -0.4 is 15.4 Å². The van der Waals surface area contributed by atoms with E-state index >= 15 is 0 Å². The van der Waals surface area contributed by atoms with Crippen molar-refractivity contribution in [2.45, 2.75) is 18.5 Å². The molecule has 0 saturated carbocycles. The molecule has 1 amide bonds. The van der Waals surface area contributed by atoms with Crippen LogP contribution >= 0.6 is 0 Å². The summed E-state index contributed by atoms with van der Waals surface area (Å²) in [6.45, 7) is 0.0993. The topological polar surface area (TPSA) is 84.5 Å². The molecule has 0 spiro atoms. The molecule has 0 radical (unpaired) electrons. The lowest BCUT2D eigenvalue weighted by Gasteiger charge is -2.20. The number of methoxy groups -OCH3 is 1. The van der Waals surface area contributed by atoms with E-state index in [-0.39, 0.29) is 36.0 Å². The van der Waals surface area contributed by atoms with Gasteiger partial charge in [-0.3, -0.25) is 10.1 Å². The molecule has 144 valence electrons. The van der Waals surface area contributed by atoms with E-state index in [0.717, 1.165) is 16.9 Å². The molecule has 2 atom stereocenters. The van der Waals surface area contributed by atoms with Gasteiger partial charge in [0.2, 0.25) is 5.91 Å². The zero-order valence-corrected chi connectivity index (χ0v) is 16.0. The number of sulfone groups is 1. The van der Waals surface area contributed by atoms with Crippen molar-refractivity contribution in [3.8, 4) is 5.75 Å². The Morgan fingerprint density at radius 3 is 2.37 bits per heavy atom. The van der Waals surface area contributed by atoms with Crippen LogP contribution in [0.3, 0.4) is 0 Å². The number of ether oxygens (including phenoxy) is 1. The monoisotopic (exact) mass is 388 g/mol. The van der Waals surface area contributed by atoms with Crippen molar-refractivity contribution in [3.63, 3.8) is 0 Å². The van der Waals surface area contributed by atoms with Gasteiger partial charge < -0.3 is 10.1 Å². The number of benzene rings is 2. The van der Waals surface area contributed by atoms with Crippen molar-refractivity contribution < 1.29 is 17.9 Å². The minimum Gasteiger partial charge on any atom is -0.497 e. The Morgan fingerprint density at radius 2 is 1.78 bits per heavy atom. The summed E-state index contributed by atoms with van der Waals surface area (Å²) in [4.78, 5) is 12.3. The van der Waals surface area contributed by atoms with Gasteiger partial charge in [0.15, 0.2) is 9.84 Å². The van der Waals surface area contributed by atoms with Crippen LogP contribution in [0.4, 0.5) is 0 Å². The fourth-order valence-corrected chi connectivity index (χ4v) is 4.93. The number of carbonyl (C=O) groups is 1. The first-order chi connectivity index (χ1) is 13.0. The van der Waals surface area contributed by atoms with Crippen molar-refractivity contribution in [2.24, 2.45) is 0 Å². The van der Waals surface area contributed by atoms with E-state index in [0.29, 0.717) is 6.42 Å². The molecule has 1 saturated heterocycles. The van der Waals surface area contributed by atoms with Gasteiger partial charge in [0.1, 0.15) is 5.75 Å². The van der Waals surface area contributed by atoms with Crippen molar-refractivity contribution >= 4 is 15.7 Å². The van der Waals surface area contributed by atoms with Crippen molar-refractivity contribution in [2.75, 3.05) is 25.2 Å². The second-order valence-electron chi connectivity index (χ2n) is 6.67. The molecule has 6 nitrogen and oxygen atoms in total. The van der Waals surface area contributed by atoms with Crippen molar-refractivity contribution in [3.05, 3.63) is 65.7 Å². The Balaban J connectivity index is 1.67. The van der Waals surface area contributed by atoms with Crippen LogP contribution in [0.15, 0.2) is 54.6 Å². The average Bonchev–Trinajstić information content (AvgIpc) is 3.01. The van der Waals surface area contributed by atoms with Gasteiger partial charge in [0, 0.05) is 6.04 Å². The smallest absolute Gasteiger partial charge is 0.234 e. The maximum Gasteiger partial charge on any atom is 0.234 e. The minimum atomic E-state index is -3.01. The predicted octanol–water partition coefficient (Wildman–Crippen LogP) is 1.68. The molecule has 3 rings (SSSR count). The number of amides is 1. The number of nitrogens with one attached hydrogen (secondary N) is 2. The Kier molecular flexibility index (Phi) is 6.13. The molecule has 0 aromatic heterocycles. The van der Waals surface area contributed by atoms with Gasteiger partial charge in [-0.1, -0.05) is 42.5 Å². The molecule has 2 aromatic carbocycles. The second kappa shape index (κ2) is 8.54. The van der Waals surface area contributed by atoms with Crippen LogP contribution in [0.5, 0.6) is 5.75 Å². The maximum atomic E-state index is 12.3. The molecule has 1 heterocycles. The first-order valence-corrected chi connectivity index (χ1v) is 10.7. The third kappa shape index (κ3) is 5.30. The Hall–Kier alpha value is -2.38. The quantitative estimate of drug-likeness (QED) is 0.754. The van der Waals surface area contributed by atoms with Crippen LogP contribution in [0.2, 0.25) is 0 Å². The molecule has 0 unspecified atom stereocenters. The Bertz CT molecular complexity index is 867. The van der Waals surface area contributed by atoms with Crippen LogP contribution in [0, 0.1) is 0 Å². The van der Waals surface area contributed by atoms with Gasteiger partial charge in [-0.05, 0) is 29.7 Å². The molecule has 1 fully saturated rings. The fourth-order valence-electron chi connectivity index (χ4n) is 3.25. The zero-order valence-electron chi connectivity index (χ0n) is 15.2. The van der Waals surface area contributed by atoms with E-state index in [1.54, 1.807) is 7.11 Å². The van der Waals surface area contributed by atoms with Gasteiger partial charge in [-0.25, -0.2) is 8.42 Å². The van der Waals surface area contributed by atoms with E-state index in [2.05, 4.69) is 10.6 Å². The third-order valence-corrected chi connectivity index (χ3v) is 6.41. The largest absolute Gasteiger partial charge is 0.497 e. The van der Waals surface area contributed by atoms with Gasteiger partial charge in [-0.2, -0.15) is 0 Å². The van der Waals surface area contributed by atoms with E-state index in [9.17, 15) is 13.2 Å². The normalized spacial score (nSPS) is 19.4. The van der Waals surface area contributed by atoms with Crippen molar-refractivity contribution in [1.29, 1.82) is 0 Å². The summed E-state index contributed by atoms with van der Waals surface area (Å²) in [6.07, 6.45) is 0.481. The minimum absolute atomic E-state index is 0.0271. The van der Waals surface area contributed by atoms with E-state index in [1.165, 1.54) is 0 Å². The highest BCUT2D eigenvalue weighted by Gasteiger charge is 2.29. The summed E-state index contributed by atoms with van der Waals surface area (Å²) in [7, 11) is -1.39. The van der Waals surface area contributed by atoms with Crippen molar-refractivity contribution in [1.82, 2.24) is 10.6 Å². The highest BCUT2D eigenvalue weighted by molar-refractivity contribution is 7.91.